The Morgan fingerprint density at radius 3 is 2.89 bits per heavy atom. The van der Waals surface area contributed by atoms with Gasteiger partial charge in [0.05, 0.1) is 19.4 Å². The molecule has 146 valence electrons. The maximum absolute atomic E-state index is 12.7. The number of aromatic nitrogens is 4. The lowest BCUT2D eigenvalue weighted by atomic mass is 10.1. The molecule has 0 saturated carbocycles. The lowest BCUT2D eigenvalue weighted by Crippen LogP contribution is -2.26. The molecule has 9 heteroatoms. The molecule has 0 aliphatic carbocycles. The molecule has 0 fully saturated rings. The number of fused-ring (bicyclic) bond motifs is 1. The molecular weight excluding hydrogens is 401 g/mol. The monoisotopic (exact) mass is 419 g/mol. The number of aromatic amines is 1. The number of nitrogens with two attached hydrogens (primary N) is 1. The van der Waals surface area contributed by atoms with Gasteiger partial charge in [0.2, 0.25) is 0 Å². The molecule has 0 bridgehead atoms. The summed E-state index contributed by atoms with van der Waals surface area (Å²) in [6.45, 7) is 0.529. The van der Waals surface area contributed by atoms with E-state index in [1.807, 2.05) is 30.5 Å². The predicted octanol–water partition coefficient (Wildman–Crippen LogP) is 3.54. The molecule has 0 radical (unpaired) electrons. The fourth-order valence-electron chi connectivity index (χ4n) is 2.98. The van der Waals surface area contributed by atoms with Crippen LogP contribution in [0.1, 0.15) is 4.88 Å². The first-order valence-corrected chi connectivity index (χ1v) is 9.27. The zero-order chi connectivity index (χ0) is 18.8. The number of nitrogens with zero attached hydrogens (tertiary/aromatic N) is 3. The van der Waals surface area contributed by atoms with E-state index >= 15 is 0 Å². The summed E-state index contributed by atoms with van der Waals surface area (Å²) in [7, 11) is 0. The molecule has 28 heavy (non-hydrogen) atoms. The quantitative estimate of drug-likeness (QED) is 0.501. The van der Waals surface area contributed by atoms with Crippen molar-refractivity contribution in [3.8, 4) is 10.4 Å². The van der Waals surface area contributed by atoms with Crippen LogP contribution >= 0.6 is 23.7 Å². The minimum Gasteiger partial charge on any atom is -0.361 e. The van der Waals surface area contributed by atoms with Crippen LogP contribution in [0.4, 0.5) is 4.39 Å². The van der Waals surface area contributed by atoms with Crippen molar-refractivity contribution in [2.45, 2.75) is 13.1 Å². The van der Waals surface area contributed by atoms with E-state index in [4.69, 9.17) is 5.73 Å². The molecule has 0 aliphatic rings. The number of thiophene rings is 1. The summed E-state index contributed by atoms with van der Waals surface area (Å²) in [5.41, 5.74) is 7.71. The topological polar surface area (TPSA) is 81.6 Å². The highest BCUT2D eigenvalue weighted by atomic mass is 35.5. The van der Waals surface area contributed by atoms with Crippen molar-refractivity contribution in [3.63, 3.8) is 0 Å². The number of hydrogen-bond donors (Lipinski definition) is 2. The summed E-state index contributed by atoms with van der Waals surface area (Å²) >= 11 is 1.63. The number of halogens is 2. The van der Waals surface area contributed by atoms with E-state index in [2.05, 4.69) is 22.2 Å². The van der Waals surface area contributed by atoms with E-state index in [-0.39, 0.29) is 31.2 Å². The van der Waals surface area contributed by atoms with E-state index in [1.54, 1.807) is 11.3 Å². The second kappa shape index (κ2) is 8.55. The standard InChI is InChI=1S/C19H18FN5OS.ClH/c20-7-13(8-21)10-25-19(26)24(12-23-25)11-14-5-6-18(27-14)16-9-22-17-4-2-1-3-15(16)17;/h1-7,9,12,22H,8,10-11,21H2;1H/b13-7+;. The van der Waals surface area contributed by atoms with Crippen LogP contribution in [0.25, 0.3) is 21.3 Å². The zero-order valence-electron chi connectivity index (χ0n) is 14.8. The Hall–Kier alpha value is -2.68. The summed E-state index contributed by atoms with van der Waals surface area (Å²) in [5.74, 6) is 0. The Labute approximate surface area is 170 Å². The van der Waals surface area contributed by atoms with Crippen molar-refractivity contribution in [2.24, 2.45) is 5.73 Å². The minimum atomic E-state index is -0.287. The average molecular weight is 420 g/mol. The van der Waals surface area contributed by atoms with Gasteiger partial charge in [0, 0.05) is 39.0 Å². The fraction of sp³-hybridized carbons (Fsp3) is 0.158. The van der Waals surface area contributed by atoms with E-state index in [9.17, 15) is 9.18 Å². The zero-order valence-corrected chi connectivity index (χ0v) is 16.5. The first kappa shape index (κ1) is 20.1. The van der Waals surface area contributed by atoms with Gasteiger partial charge in [-0.3, -0.25) is 4.57 Å². The molecule has 4 aromatic rings. The van der Waals surface area contributed by atoms with E-state index in [0.29, 0.717) is 18.4 Å². The smallest absolute Gasteiger partial charge is 0.346 e. The van der Waals surface area contributed by atoms with E-state index in [0.717, 1.165) is 20.8 Å². The van der Waals surface area contributed by atoms with Gasteiger partial charge in [0.25, 0.3) is 0 Å². The lowest BCUT2D eigenvalue weighted by molar-refractivity contribution is 0.604. The van der Waals surface area contributed by atoms with Gasteiger partial charge in [0.1, 0.15) is 6.33 Å². The van der Waals surface area contributed by atoms with Crippen molar-refractivity contribution in [3.05, 3.63) is 76.2 Å². The number of H-pyrrole nitrogens is 1. The average Bonchev–Trinajstić information content (AvgIpc) is 3.40. The second-order valence-electron chi connectivity index (χ2n) is 6.18. The van der Waals surface area contributed by atoms with Gasteiger partial charge in [-0.1, -0.05) is 18.2 Å². The van der Waals surface area contributed by atoms with Gasteiger partial charge in [-0.05, 0) is 23.8 Å². The summed E-state index contributed by atoms with van der Waals surface area (Å²) in [5, 5.41) is 5.22. The van der Waals surface area contributed by atoms with Crippen LogP contribution in [-0.4, -0.2) is 25.9 Å². The predicted molar refractivity (Wildman–Crippen MR) is 113 cm³/mol. The molecule has 3 aromatic heterocycles. The van der Waals surface area contributed by atoms with Crippen molar-refractivity contribution in [1.29, 1.82) is 0 Å². The summed E-state index contributed by atoms with van der Waals surface area (Å²) < 4.78 is 15.4. The van der Waals surface area contributed by atoms with Crippen LogP contribution in [0.15, 0.2) is 65.6 Å². The van der Waals surface area contributed by atoms with Crippen LogP contribution in [0.2, 0.25) is 0 Å². The van der Waals surface area contributed by atoms with Crippen molar-refractivity contribution in [1.82, 2.24) is 19.3 Å². The number of hydrogen-bond acceptors (Lipinski definition) is 4. The molecule has 4 rings (SSSR count). The highest BCUT2D eigenvalue weighted by Crippen LogP contribution is 2.33. The van der Waals surface area contributed by atoms with Crippen LogP contribution in [0.5, 0.6) is 0 Å². The molecule has 0 amide bonds. The molecule has 0 atom stereocenters. The Kier molecular flexibility index (Phi) is 6.13. The molecule has 3 heterocycles. The molecule has 0 saturated heterocycles. The maximum atomic E-state index is 12.7. The Morgan fingerprint density at radius 1 is 1.29 bits per heavy atom. The van der Waals surface area contributed by atoms with Gasteiger partial charge in [-0.2, -0.15) is 5.10 Å². The highest BCUT2D eigenvalue weighted by molar-refractivity contribution is 7.15. The van der Waals surface area contributed by atoms with Crippen molar-refractivity contribution < 1.29 is 4.39 Å². The SMILES string of the molecule is Cl.NC/C(=C\F)Cn1ncn(Cc2ccc(-c3c[nH]c4ccccc34)s2)c1=O. The van der Waals surface area contributed by atoms with Crippen LogP contribution in [0.3, 0.4) is 0 Å². The fourth-order valence-corrected chi connectivity index (χ4v) is 4.01. The van der Waals surface area contributed by atoms with Gasteiger partial charge in [0.15, 0.2) is 0 Å². The molecule has 0 spiro atoms. The summed E-state index contributed by atoms with van der Waals surface area (Å²) in [4.78, 5) is 17.9. The lowest BCUT2D eigenvalue weighted by Gasteiger charge is -2.01. The highest BCUT2D eigenvalue weighted by Gasteiger charge is 2.11. The first-order chi connectivity index (χ1) is 13.2. The Balaban J connectivity index is 0.00000225. The van der Waals surface area contributed by atoms with Crippen molar-refractivity contribution >= 4 is 34.6 Å². The number of nitrogens with one attached hydrogen (secondary N) is 1. The van der Waals surface area contributed by atoms with Crippen LogP contribution in [-0.2, 0) is 13.1 Å². The third kappa shape index (κ3) is 3.80. The van der Waals surface area contributed by atoms with Crippen LogP contribution in [0, 0.1) is 0 Å². The molecule has 1 aromatic carbocycles. The third-order valence-electron chi connectivity index (χ3n) is 4.41. The number of para-hydroxylation sites is 1. The normalized spacial score (nSPS) is 11.7. The van der Waals surface area contributed by atoms with Gasteiger partial charge in [-0.25, -0.2) is 13.9 Å². The Morgan fingerprint density at radius 2 is 2.11 bits per heavy atom. The largest absolute Gasteiger partial charge is 0.361 e. The second-order valence-corrected chi connectivity index (χ2v) is 7.35. The van der Waals surface area contributed by atoms with Gasteiger partial charge < -0.3 is 10.7 Å². The third-order valence-corrected chi connectivity index (χ3v) is 5.51. The minimum absolute atomic E-state index is 0. The maximum Gasteiger partial charge on any atom is 0.346 e. The van der Waals surface area contributed by atoms with Gasteiger partial charge >= 0.3 is 5.69 Å². The first-order valence-electron chi connectivity index (χ1n) is 8.45. The Bertz CT molecular complexity index is 1170. The van der Waals surface area contributed by atoms with E-state index in [1.165, 1.54) is 21.0 Å². The molecule has 0 aliphatic heterocycles. The summed E-state index contributed by atoms with van der Waals surface area (Å²) in [6.07, 6.45) is 3.90. The van der Waals surface area contributed by atoms with E-state index < -0.39 is 0 Å². The number of rotatable bonds is 6. The van der Waals surface area contributed by atoms with Crippen molar-refractivity contribution in [2.75, 3.05) is 6.54 Å². The molecule has 3 N–H and O–H groups in total. The number of benzene rings is 1. The van der Waals surface area contributed by atoms with Crippen LogP contribution < -0.4 is 11.4 Å². The molecular formula is C19H19ClFN5OS. The van der Waals surface area contributed by atoms with Gasteiger partial charge in [-0.15, -0.1) is 23.7 Å². The molecule has 0 unspecified atom stereocenters. The molecule has 6 nitrogen and oxygen atoms in total. The summed E-state index contributed by atoms with van der Waals surface area (Å²) in [6, 6.07) is 12.2.